The van der Waals surface area contributed by atoms with Crippen molar-refractivity contribution in [3.63, 3.8) is 0 Å². The lowest BCUT2D eigenvalue weighted by molar-refractivity contribution is -0.142. The Morgan fingerprint density at radius 2 is 2.05 bits per heavy atom. The van der Waals surface area contributed by atoms with Crippen LogP contribution < -0.4 is 10.6 Å². The zero-order valence-corrected chi connectivity index (χ0v) is 13.3. The molecule has 1 rings (SSSR count). The second-order valence-corrected chi connectivity index (χ2v) is 6.97. The van der Waals surface area contributed by atoms with E-state index in [1.165, 1.54) is 0 Å². The molecule has 0 aromatic heterocycles. The molecule has 2 amide bonds. The Morgan fingerprint density at radius 1 is 1.33 bits per heavy atom. The summed E-state index contributed by atoms with van der Waals surface area (Å²) in [4.78, 5) is 22.9. The number of nitrogens with one attached hydrogen (secondary N) is 2. The maximum atomic E-state index is 11.7. The molecule has 6 heteroatoms. The summed E-state index contributed by atoms with van der Waals surface area (Å²) in [5.41, 5.74) is -0.0827. The van der Waals surface area contributed by atoms with Crippen molar-refractivity contribution in [2.24, 2.45) is 17.3 Å². The number of carbonyl (C=O) groups excluding carboxylic acids is 1. The first kappa shape index (κ1) is 17.8. The van der Waals surface area contributed by atoms with Gasteiger partial charge in [-0.15, -0.1) is 0 Å². The lowest BCUT2D eigenvalue weighted by Gasteiger charge is -2.24. The van der Waals surface area contributed by atoms with E-state index in [2.05, 4.69) is 10.6 Å². The molecule has 0 aliphatic carbocycles. The maximum Gasteiger partial charge on any atom is 0.314 e. The number of carboxylic acid groups (broad SMARTS) is 1. The number of carbonyl (C=O) groups is 2. The molecule has 0 spiro atoms. The van der Waals surface area contributed by atoms with Gasteiger partial charge in [0.2, 0.25) is 0 Å². The maximum absolute atomic E-state index is 11.7. The second-order valence-electron chi connectivity index (χ2n) is 6.97. The van der Waals surface area contributed by atoms with Crippen molar-refractivity contribution in [3.05, 3.63) is 0 Å². The van der Waals surface area contributed by atoms with E-state index < -0.39 is 11.9 Å². The Morgan fingerprint density at radius 3 is 2.57 bits per heavy atom. The van der Waals surface area contributed by atoms with Crippen LogP contribution in [0.2, 0.25) is 0 Å². The quantitative estimate of drug-likeness (QED) is 0.698. The number of amides is 2. The monoisotopic (exact) mass is 300 g/mol. The highest BCUT2D eigenvalue weighted by Crippen LogP contribution is 2.24. The first-order chi connectivity index (χ1) is 9.78. The summed E-state index contributed by atoms with van der Waals surface area (Å²) in [7, 11) is 0. The SMILES string of the molecule is CC(C)(C)CC(CNC(=O)NCC1CCCOC1)C(=O)O. The topological polar surface area (TPSA) is 87.7 Å². The van der Waals surface area contributed by atoms with E-state index in [1.54, 1.807) is 0 Å². The van der Waals surface area contributed by atoms with Gasteiger partial charge in [-0.3, -0.25) is 4.79 Å². The fourth-order valence-corrected chi connectivity index (χ4v) is 2.47. The largest absolute Gasteiger partial charge is 0.481 e. The van der Waals surface area contributed by atoms with E-state index in [0.29, 0.717) is 25.5 Å². The number of urea groups is 1. The summed E-state index contributed by atoms with van der Waals surface area (Å²) in [6.45, 7) is 8.19. The summed E-state index contributed by atoms with van der Waals surface area (Å²) >= 11 is 0. The van der Waals surface area contributed by atoms with Crippen LogP contribution in [0.3, 0.4) is 0 Å². The molecule has 2 unspecified atom stereocenters. The minimum absolute atomic E-state index is 0.0827. The smallest absolute Gasteiger partial charge is 0.314 e. The van der Waals surface area contributed by atoms with Crippen molar-refractivity contribution in [1.29, 1.82) is 0 Å². The van der Waals surface area contributed by atoms with Gasteiger partial charge >= 0.3 is 12.0 Å². The highest BCUT2D eigenvalue weighted by molar-refractivity contribution is 5.75. The van der Waals surface area contributed by atoms with Crippen LogP contribution in [0.15, 0.2) is 0 Å². The molecule has 1 aliphatic heterocycles. The van der Waals surface area contributed by atoms with Crippen LogP contribution in [0, 0.1) is 17.3 Å². The highest BCUT2D eigenvalue weighted by atomic mass is 16.5. The summed E-state index contributed by atoms with van der Waals surface area (Å²) in [6.07, 6.45) is 2.61. The number of hydrogen-bond acceptors (Lipinski definition) is 3. The lowest BCUT2D eigenvalue weighted by Crippen LogP contribution is -2.43. The molecular formula is C15H28N2O4. The van der Waals surface area contributed by atoms with Gasteiger partial charge in [0.1, 0.15) is 0 Å². The van der Waals surface area contributed by atoms with Crippen LogP contribution in [-0.2, 0) is 9.53 Å². The number of carboxylic acids is 1. The Kier molecular flexibility index (Phi) is 6.95. The van der Waals surface area contributed by atoms with Crippen molar-refractivity contribution in [3.8, 4) is 0 Å². The van der Waals surface area contributed by atoms with Crippen LogP contribution in [-0.4, -0.2) is 43.4 Å². The third kappa shape index (κ3) is 7.90. The summed E-state index contributed by atoms with van der Waals surface area (Å²) in [6, 6.07) is -0.305. The van der Waals surface area contributed by atoms with Gasteiger partial charge in [0.05, 0.1) is 12.5 Å². The third-order valence-corrected chi connectivity index (χ3v) is 3.52. The molecule has 0 aromatic carbocycles. The molecule has 21 heavy (non-hydrogen) atoms. The lowest BCUT2D eigenvalue weighted by atomic mass is 9.84. The van der Waals surface area contributed by atoms with Crippen LogP contribution in [0.5, 0.6) is 0 Å². The van der Waals surface area contributed by atoms with Crippen LogP contribution in [0.25, 0.3) is 0 Å². The van der Waals surface area contributed by atoms with Gasteiger partial charge in [-0.2, -0.15) is 0 Å². The number of rotatable bonds is 6. The normalized spacial score (nSPS) is 20.6. The fraction of sp³-hybridized carbons (Fsp3) is 0.867. The molecule has 1 heterocycles. The molecule has 0 aromatic rings. The van der Waals surface area contributed by atoms with Gasteiger partial charge in [0, 0.05) is 19.7 Å². The average Bonchev–Trinajstić information content (AvgIpc) is 2.41. The molecule has 122 valence electrons. The van der Waals surface area contributed by atoms with E-state index >= 15 is 0 Å². The Balaban J connectivity index is 2.27. The van der Waals surface area contributed by atoms with Crippen LogP contribution in [0.1, 0.15) is 40.0 Å². The van der Waals surface area contributed by atoms with Gasteiger partial charge in [0.15, 0.2) is 0 Å². The summed E-state index contributed by atoms with van der Waals surface area (Å²) < 4.78 is 5.35. The van der Waals surface area contributed by atoms with E-state index in [0.717, 1.165) is 19.4 Å². The van der Waals surface area contributed by atoms with Crippen molar-refractivity contribution in [2.45, 2.75) is 40.0 Å². The van der Waals surface area contributed by atoms with E-state index in [9.17, 15) is 14.7 Å². The molecule has 0 saturated carbocycles. The number of aliphatic carboxylic acids is 1. The fourth-order valence-electron chi connectivity index (χ4n) is 2.47. The summed E-state index contributed by atoms with van der Waals surface area (Å²) in [5, 5.41) is 14.6. The zero-order valence-electron chi connectivity index (χ0n) is 13.3. The second kappa shape index (κ2) is 8.22. The van der Waals surface area contributed by atoms with Crippen molar-refractivity contribution in [2.75, 3.05) is 26.3 Å². The van der Waals surface area contributed by atoms with Crippen LogP contribution in [0.4, 0.5) is 4.79 Å². The standard InChI is InChI=1S/C15H28N2O4/c1-15(2,3)7-12(13(18)19)9-17-14(20)16-8-11-5-4-6-21-10-11/h11-12H,4-10H2,1-3H3,(H,18,19)(H2,16,17,20). The minimum Gasteiger partial charge on any atom is -0.481 e. The van der Waals surface area contributed by atoms with E-state index in [4.69, 9.17) is 4.74 Å². The van der Waals surface area contributed by atoms with E-state index in [-0.39, 0.29) is 18.0 Å². The minimum atomic E-state index is -0.870. The van der Waals surface area contributed by atoms with Crippen molar-refractivity contribution in [1.82, 2.24) is 10.6 Å². The first-order valence-electron chi connectivity index (χ1n) is 7.60. The highest BCUT2D eigenvalue weighted by Gasteiger charge is 2.25. The molecule has 1 aliphatic rings. The predicted molar refractivity (Wildman–Crippen MR) is 80.1 cm³/mol. The van der Waals surface area contributed by atoms with Gasteiger partial charge in [0.25, 0.3) is 0 Å². The van der Waals surface area contributed by atoms with Gasteiger partial charge < -0.3 is 20.5 Å². The number of hydrogen-bond donors (Lipinski definition) is 3. The third-order valence-electron chi connectivity index (χ3n) is 3.52. The Labute approximate surface area is 126 Å². The predicted octanol–water partition coefficient (Wildman–Crippen LogP) is 1.85. The molecule has 1 fully saturated rings. The van der Waals surface area contributed by atoms with Gasteiger partial charge in [-0.05, 0) is 30.6 Å². The molecule has 0 radical (unpaired) electrons. The van der Waals surface area contributed by atoms with Gasteiger partial charge in [-0.1, -0.05) is 20.8 Å². The summed E-state index contributed by atoms with van der Waals surface area (Å²) in [5.74, 6) is -1.07. The Bertz CT molecular complexity index is 346. The molecule has 0 bridgehead atoms. The zero-order chi connectivity index (χ0) is 15.9. The molecule has 2 atom stereocenters. The van der Waals surface area contributed by atoms with Crippen molar-refractivity contribution < 1.29 is 19.4 Å². The first-order valence-corrected chi connectivity index (χ1v) is 7.60. The number of ether oxygens (including phenoxy) is 1. The molecule has 1 saturated heterocycles. The van der Waals surface area contributed by atoms with Crippen LogP contribution >= 0.6 is 0 Å². The van der Waals surface area contributed by atoms with Crippen molar-refractivity contribution >= 4 is 12.0 Å². The average molecular weight is 300 g/mol. The Hall–Kier alpha value is -1.30. The molecular weight excluding hydrogens is 272 g/mol. The van der Waals surface area contributed by atoms with Gasteiger partial charge in [-0.25, -0.2) is 4.79 Å². The molecule has 3 N–H and O–H groups in total. The molecule has 6 nitrogen and oxygen atoms in total. The van der Waals surface area contributed by atoms with E-state index in [1.807, 2.05) is 20.8 Å².